The first-order chi connectivity index (χ1) is 15.3. The summed E-state index contributed by atoms with van der Waals surface area (Å²) in [4.78, 5) is 31.4. The molecule has 1 aromatic carbocycles. The molecule has 1 aromatic rings. The summed E-state index contributed by atoms with van der Waals surface area (Å²) < 4.78 is 19.0. The highest BCUT2D eigenvalue weighted by Gasteiger charge is 2.50. The van der Waals surface area contributed by atoms with Gasteiger partial charge in [-0.05, 0) is 57.4 Å². The molecule has 3 fully saturated rings. The molecule has 3 aliphatic rings. The molecule has 0 unspecified atom stereocenters. The van der Waals surface area contributed by atoms with Gasteiger partial charge in [0.05, 0.1) is 11.5 Å². The minimum absolute atomic E-state index is 0.0449. The molecule has 3 heterocycles. The molecule has 8 heteroatoms. The van der Waals surface area contributed by atoms with Crippen molar-refractivity contribution in [2.45, 2.75) is 57.7 Å². The molecule has 0 bridgehead atoms. The number of carbonyl (C=O) groups excluding carboxylic acids is 2. The van der Waals surface area contributed by atoms with E-state index in [2.05, 4.69) is 16.7 Å². The number of likely N-dealkylation sites (tertiary alicyclic amines) is 1. The van der Waals surface area contributed by atoms with Crippen LogP contribution in [0.5, 0.6) is 0 Å². The summed E-state index contributed by atoms with van der Waals surface area (Å²) in [5.74, 6) is -0.350. The number of hydrogen-bond donors (Lipinski definition) is 1. The molecule has 0 saturated carbocycles. The first-order valence-corrected chi connectivity index (χ1v) is 11.8. The molecule has 3 aliphatic heterocycles. The van der Waals surface area contributed by atoms with Crippen LogP contribution in [0.1, 0.15) is 39.5 Å². The molecule has 0 radical (unpaired) electrons. The van der Waals surface area contributed by atoms with E-state index in [4.69, 9.17) is 10.5 Å². The third-order valence-corrected chi connectivity index (χ3v) is 7.44. The van der Waals surface area contributed by atoms with Crippen LogP contribution < -0.4 is 10.6 Å². The zero-order valence-electron chi connectivity index (χ0n) is 19.1. The third-order valence-electron chi connectivity index (χ3n) is 7.44. The Morgan fingerprint density at radius 1 is 1.22 bits per heavy atom. The van der Waals surface area contributed by atoms with E-state index in [1.165, 1.54) is 12.1 Å². The zero-order chi connectivity index (χ0) is 22.9. The van der Waals surface area contributed by atoms with Gasteiger partial charge in [0.2, 0.25) is 5.91 Å². The van der Waals surface area contributed by atoms with Gasteiger partial charge in [-0.2, -0.15) is 0 Å². The molecule has 7 nitrogen and oxygen atoms in total. The molecular weight excluding hydrogens is 411 g/mol. The number of benzene rings is 1. The SMILES string of the molecule is C[C@H](N)C(=O)N1CCC2(CC1)C[C@H](CCN1CCN(c3ccc(F)cc3)C[C@@H]1C)OC2=O. The number of piperazine rings is 1. The standard InChI is InChI=1S/C24H35FN4O3/c1-17-16-29(20-5-3-19(25)4-6-20)14-13-27(17)10-7-21-15-24(23(31)32-21)8-11-28(12-9-24)22(30)18(2)26/h3-6,17-18,21H,7-16,26H2,1-2H3/t17-,18-,21-/m0/s1. The number of halogens is 1. The average molecular weight is 447 g/mol. The fourth-order valence-corrected chi connectivity index (χ4v) is 5.37. The van der Waals surface area contributed by atoms with Gasteiger partial charge >= 0.3 is 5.97 Å². The summed E-state index contributed by atoms with van der Waals surface area (Å²) in [6.45, 7) is 8.67. The van der Waals surface area contributed by atoms with Crippen molar-refractivity contribution >= 4 is 17.6 Å². The molecular formula is C24H35FN4O3. The minimum Gasteiger partial charge on any atom is -0.462 e. The summed E-state index contributed by atoms with van der Waals surface area (Å²) in [6, 6.07) is 6.55. The van der Waals surface area contributed by atoms with Crippen LogP contribution in [0.2, 0.25) is 0 Å². The molecule has 0 aromatic heterocycles. The topological polar surface area (TPSA) is 79.1 Å². The van der Waals surface area contributed by atoms with Crippen LogP contribution in [0.4, 0.5) is 10.1 Å². The van der Waals surface area contributed by atoms with E-state index < -0.39 is 11.5 Å². The lowest BCUT2D eigenvalue weighted by atomic mass is 9.75. The van der Waals surface area contributed by atoms with Gasteiger partial charge in [-0.25, -0.2) is 4.39 Å². The molecule has 0 aliphatic carbocycles. The van der Waals surface area contributed by atoms with Crippen LogP contribution >= 0.6 is 0 Å². The first-order valence-electron chi connectivity index (χ1n) is 11.8. The second-order valence-electron chi connectivity index (χ2n) is 9.72. The summed E-state index contributed by atoms with van der Waals surface area (Å²) in [7, 11) is 0. The van der Waals surface area contributed by atoms with E-state index in [9.17, 15) is 14.0 Å². The van der Waals surface area contributed by atoms with Crippen LogP contribution in [0.25, 0.3) is 0 Å². The van der Waals surface area contributed by atoms with Crippen molar-refractivity contribution in [3.63, 3.8) is 0 Å². The third kappa shape index (κ3) is 4.76. The molecule has 3 saturated heterocycles. The van der Waals surface area contributed by atoms with Crippen molar-refractivity contribution in [1.82, 2.24) is 9.80 Å². The highest BCUT2D eigenvalue weighted by atomic mass is 19.1. The number of ether oxygens (including phenoxy) is 1. The Morgan fingerprint density at radius 3 is 2.53 bits per heavy atom. The van der Waals surface area contributed by atoms with Crippen molar-refractivity contribution in [2.24, 2.45) is 11.1 Å². The van der Waals surface area contributed by atoms with Gasteiger partial charge in [0.25, 0.3) is 0 Å². The number of amides is 1. The van der Waals surface area contributed by atoms with Gasteiger partial charge in [-0.1, -0.05) is 0 Å². The van der Waals surface area contributed by atoms with Gasteiger partial charge in [0.15, 0.2) is 0 Å². The lowest BCUT2D eigenvalue weighted by Gasteiger charge is -2.41. The number of nitrogens with zero attached hydrogens (tertiary/aromatic N) is 3. The van der Waals surface area contributed by atoms with E-state index in [1.54, 1.807) is 11.8 Å². The molecule has 1 spiro atoms. The van der Waals surface area contributed by atoms with E-state index >= 15 is 0 Å². The Kier molecular flexibility index (Phi) is 6.72. The predicted molar refractivity (Wildman–Crippen MR) is 121 cm³/mol. The maximum atomic E-state index is 13.2. The van der Waals surface area contributed by atoms with Crippen LogP contribution in [0, 0.1) is 11.2 Å². The van der Waals surface area contributed by atoms with Crippen LogP contribution in [-0.2, 0) is 14.3 Å². The van der Waals surface area contributed by atoms with E-state index in [1.807, 2.05) is 12.1 Å². The highest BCUT2D eigenvalue weighted by molar-refractivity contribution is 5.83. The molecule has 3 atom stereocenters. The minimum atomic E-state index is -0.502. The molecule has 4 rings (SSSR count). The maximum absolute atomic E-state index is 13.2. The second kappa shape index (κ2) is 9.35. The highest BCUT2D eigenvalue weighted by Crippen LogP contribution is 2.44. The smallest absolute Gasteiger partial charge is 0.312 e. The van der Waals surface area contributed by atoms with Gasteiger partial charge in [0, 0.05) is 57.4 Å². The molecule has 176 valence electrons. The fraction of sp³-hybridized carbons (Fsp3) is 0.667. The number of anilines is 1. The van der Waals surface area contributed by atoms with E-state index in [0.29, 0.717) is 32.0 Å². The quantitative estimate of drug-likeness (QED) is 0.697. The van der Waals surface area contributed by atoms with Crippen molar-refractivity contribution < 1.29 is 18.7 Å². The van der Waals surface area contributed by atoms with Gasteiger partial charge in [-0.3, -0.25) is 14.5 Å². The summed E-state index contributed by atoms with van der Waals surface area (Å²) in [6.07, 6.45) is 2.84. The first kappa shape index (κ1) is 23.0. The fourth-order valence-electron chi connectivity index (χ4n) is 5.37. The molecule has 32 heavy (non-hydrogen) atoms. The number of piperidine rings is 1. The number of rotatable bonds is 5. The number of carbonyl (C=O) groups is 2. The summed E-state index contributed by atoms with van der Waals surface area (Å²) in [5.41, 5.74) is 6.34. The normalized spacial score (nSPS) is 26.9. The monoisotopic (exact) mass is 446 g/mol. The van der Waals surface area contributed by atoms with Crippen LogP contribution in [0.3, 0.4) is 0 Å². The van der Waals surface area contributed by atoms with E-state index in [-0.39, 0.29) is 23.8 Å². The van der Waals surface area contributed by atoms with Crippen molar-refractivity contribution in [3.8, 4) is 0 Å². The second-order valence-corrected chi connectivity index (χ2v) is 9.72. The Hall–Kier alpha value is -2.19. The lowest BCUT2D eigenvalue weighted by molar-refractivity contribution is -0.152. The number of nitrogens with two attached hydrogens (primary N) is 1. The predicted octanol–water partition coefficient (Wildman–Crippen LogP) is 2.00. The summed E-state index contributed by atoms with van der Waals surface area (Å²) in [5, 5.41) is 0. The Labute approximate surface area is 189 Å². The van der Waals surface area contributed by atoms with Crippen molar-refractivity contribution in [2.75, 3.05) is 44.2 Å². The average Bonchev–Trinajstić information content (AvgIpc) is 3.08. The van der Waals surface area contributed by atoms with Crippen LogP contribution in [-0.4, -0.2) is 79.1 Å². The lowest BCUT2D eigenvalue weighted by Crippen LogP contribution is -2.52. The Morgan fingerprint density at radius 2 is 1.91 bits per heavy atom. The Balaban J connectivity index is 1.25. The summed E-state index contributed by atoms with van der Waals surface area (Å²) >= 11 is 0. The van der Waals surface area contributed by atoms with Gasteiger partial charge in [-0.15, -0.1) is 0 Å². The zero-order valence-corrected chi connectivity index (χ0v) is 19.1. The number of cyclic esters (lactones) is 1. The molecule has 2 N–H and O–H groups in total. The largest absolute Gasteiger partial charge is 0.462 e. The van der Waals surface area contributed by atoms with Gasteiger partial charge < -0.3 is 20.3 Å². The molecule has 1 amide bonds. The van der Waals surface area contributed by atoms with Crippen molar-refractivity contribution in [1.29, 1.82) is 0 Å². The number of hydrogen-bond acceptors (Lipinski definition) is 6. The van der Waals surface area contributed by atoms with Crippen LogP contribution in [0.15, 0.2) is 24.3 Å². The van der Waals surface area contributed by atoms with E-state index in [0.717, 1.165) is 44.7 Å². The van der Waals surface area contributed by atoms with Gasteiger partial charge in [0.1, 0.15) is 11.9 Å². The Bertz CT molecular complexity index is 823. The van der Waals surface area contributed by atoms with Crippen molar-refractivity contribution in [3.05, 3.63) is 30.1 Å². The number of esters is 1. The maximum Gasteiger partial charge on any atom is 0.312 e.